The molecule has 3 heteroatoms. The van der Waals surface area contributed by atoms with Crippen molar-refractivity contribution in [3.8, 4) is 0 Å². The van der Waals surface area contributed by atoms with Gasteiger partial charge in [0.15, 0.2) is 0 Å². The minimum Gasteiger partial charge on any atom is -0.302 e. The van der Waals surface area contributed by atoms with Crippen LogP contribution in [0.4, 0.5) is 0 Å². The molecule has 17 heavy (non-hydrogen) atoms. The Hall–Kier alpha value is -0.960. The molecule has 0 radical (unpaired) electrons. The van der Waals surface area contributed by atoms with Crippen LogP contribution in [0.1, 0.15) is 33.6 Å². The number of hydrogen-bond donors (Lipinski definition) is 0. The van der Waals surface area contributed by atoms with Crippen molar-refractivity contribution in [2.24, 2.45) is 0 Å². The molecule has 96 valence electrons. The molecule has 1 saturated heterocycles. The predicted octanol–water partition coefficient (Wildman–Crippen LogP) is 3.97. The number of thioether (sulfide) groups is 1. The van der Waals surface area contributed by atoms with Gasteiger partial charge >= 0.3 is 0 Å². The van der Waals surface area contributed by atoms with Crippen molar-refractivity contribution in [3.05, 3.63) is 36.1 Å². The summed E-state index contributed by atoms with van der Waals surface area (Å²) in [5, 5.41) is 0. The molecule has 0 spiro atoms. The van der Waals surface area contributed by atoms with Gasteiger partial charge in [-0.25, -0.2) is 0 Å². The zero-order chi connectivity index (χ0) is 13.3. The highest BCUT2D eigenvalue weighted by Gasteiger charge is 2.28. The lowest BCUT2D eigenvalue weighted by molar-refractivity contribution is -0.125. The summed E-state index contributed by atoms with van der Waals surface area (Å²) in [5.74, 6) is 0.927. The van der Waals surface area contributed by atoms with E-state index in [0.29, 0.717) is 6.42 Å². The summed E-state index contributed by atoms with van der Waals surface area (Å²) in [7, 11) is 0. The van der Waals surface area contributed by atoms with Gasteiger partial charge in [0, 0.05) is 5.70 Å². The molecule has 0 aromatic rings. The predicted molar refractivity (Wildman–Crippen MR) is 77.8 cm³/mol. The number of allylic oxidation sites excluding steroid dienone is 4. The fourth-order valence-corrected chi connectivity index (χ4v) is 2.19. The van der Waals surface area contributed by atoms with Crippen LogP contribution in [0.3, 0.4) is 0 Å². The van der Waals surface area contributed by atoms with E-state index in [0.717, 1.165) is 23.6 Å². The molecule has 1 rings (SSSR count). The van der Waals surface area contributed by atoms with E-state index in [1.165, 1.54) is 0 Å². The Kier molecular flexibility index (Phi) is 8.60. The quantitative estimate of drug-likeness (QED) is 0.755. The van der Waals surface area contributed by atoms with Gasteiger partial charge in [-0.2, -0.15) is 0 Å². The first-order chi connectivity index (χ1) is 8.24. The van der Waals surface area contributed by atoms with Gasteiger partial charge in [-0.15, -0.1) is 11.8 Å². The normalized spacial score (nSPS) is 19.5. The lowest BCUT2D eigenvalue weighted by Crippen LogP contribution is -2.22. The minimum atomic E-state index is 0.192. The molecule has 0 N–H and O–H groups in total. The Morgan fingerprint density at radius 1 is 1.47 bits per heavy atom. The number of amides is 1. The average Bonchev–Trinajstić information content (AvgIpc) is 2.62. The second-order valence-electron chi connectivity index (χ2n) is 3.34. The largest absolute Gasteiger partial charge is 0.302 e. The van der Waals surface area contributed by atoms with Crippen molar-refractivity contribution in [1.82, 2.24) is 4.90 Å². The Labute approximate surface area is 109 Å². The van der Waals surface area contributed by atoms with Gasteiger partial charge in [0.25, 0.3) is 0 Å². The Bertz CT molecular complexity index is 318. The smallest absolute Gasteiger partial charge is 0.232 e. The van der Waals surface area contributed by atoms with Gasteiger partial charge in [-0.05, 0) is 18.2 Å². The van der Waals surface area contributed by atoms with Crippen LogP contribution in [0.5, 0.6) is 0 Å². The van der Waals surface area contributed by atoms with Gasteiger partial charge in [-0.1, -0.05) is 45.6 Å². The van der Waals surface area contributed by atoms with Crippen LogP contribution in [-0.2, 0) is 4.79 Å². The van der Waals surface area contributed by atoms with E-state index in [4.69, 9.17) is 0 Å². The van der Waals surface area contributed by atoms with Crippen LogP contribution in [0.2, 0.25) is 0 Å². The summed E-state index contributed by atoms with van der Waals surface area (Å²) in [6.45, 7) is 9.76. The topological polar surface area (TPSA) is 20.3 Å². The van der Waals surface area contributed by atoms with E-state index >= 15 is 0 Å². The summed E-state index contributed by atoms with van der Waals surface area (Å²) in [6, 6.07) is 0. The molecule has 0 saturated carbocycles. The van der Waals surface area contributed by atoms with Gasteiger partial charge in [-0.3, -0.25) is 4.79 Å². The first kappa shape index (κ1) is 16.0. The van der Waals surface area contributed by atoms with E-state index in [1.54, 1.807) is 17.8 Å². The van der Waals surface area contributed by atoms with Crippen molar-refractivity contribution < 1.29 is 4.79 Å². The summed E-state index contributed by atoms with van der Waals surface area (Å²) in [6.07, 6.45) is 9.25. The molecule has 0 aromatic heterocycles. The molecule has 0 atom stereocenters. The molecule has 1 fully saturated rings. The summed E-state index contributed by atoms with van der Waals surface area (Å²) < 4.78 is 0. The molecule has 0 aromatic carbocycles. The van der Waals surface area contributed by atoms with Crippen molar-refractivity contribution >= 4 is 17.7 Å². The number of carbonyl (C=O) groups excluding carboxylic acids is 1. The number of nitrogens with zero attached hydrogens (tertiary/aromatic N) is 1. The molecule has 1 aliphatic heterocycles. The van der Waals surface area contributed by atoms with Crippen LogP contribution >= 0.6 is 11.8 Å². The lowest BCUT2D eigenvalue weighted by atomic mass is 10.1. The van der Waals surface area contributed by atoms with Gasteiger partial charge in [0.1, 0.15) is 0 Å². The highest BCUT2D eigenvalue weighted by Crippen LogP contribution is 2.30. The summed E-state index contributed by atoms with van der Waals surface area (Å²) >= 11 is 1.66. The van der Waals surface area contributed by atoms with E-state index in [-0.39, 0.29) is 5.91 Å². The van der Waals surface area contributed by atoms with Crippen LogP contribution in [0.15, 0.2) is 36.1 Å². The third-order valence-electron chi connectivity index (χ3n) is 2.24. The zero-order valence-corrected chi connectivity index (χ0v) is 12.1. The highest BCUT2D eigenvalue weighted by atomic mass is 32.2. The van der Waals surface area contributed by atoms with Crippen molar-refractivity contribution in [1.29, 1.82) is 0 Å². The number of hydrogen-bond acceptors (Lipinski definition) is 2. The van der Waals surface area contributed by atoms with E-state index in [9.17, 15) is 4.79 Å². The first-order valence-electron chi connectivity index (χ1n) is 6.06. The molecule has 0 bridgehead atoms. The van der Waals surface area contributed by atoms with E-state index in [2.05, 4.69) is 19.6 Å². The van der Waals surface area contributed by atoms with Crippen LogP contribution in [0.25, 0.3) is 0 Å². The van der Waals surface area contributed by atoms with Gasteiger partial charge in [0.05, 0.1) is 12.3 Å². The maximum Gasteiger partial charge on any atom is 0.232 e. The Balaban J connectivity index is 0.00000121. The fraction of sp³-hybridized carbons (Fsp3) is 0.500. The summed E-state index contributed by atoms with van der Waals surface area (Å²) in [4.78, 5) is 13.6. The number of carbonyl (C=O) groups is 1. The molecule has 1 amide bonds. The second kappa shape index (κ2) is 9.11. The van der Waals surface area contributed by atoms with Crippen molar-refractivity contribution in [2.45, 2.75) is 33.6 Å². The SMILES string of the molecule is C=C/C=C1/CC(=O)N(CSC)/C1=C/CC.CC. The number of rotatable bonds is 4. The maximum atomic E-state index is 11.7. The average molecular weight is 253 g/mol. The highest BCUT2D eigenvalue weighted by molar-refractivity contribution is 7.98. The molecule has 1 heterocycles. The van der Waals surface area contributed by atoms with Crippen LogP contribution < -0.4 is 0 Å². The molecule has 2 nitrogen and oxygen atoms in total. The monoisotopic (exact) mass is 253 g/mol. The lowest BCUT2D eigenvalue weighted by Gasteiger charge is -2.16. The molecular formula is C14H23NOS. The standard InChI is InChI=1S/C12H17NOS.C2H6/c1-4-6-10-8-12(14)13(9-15-3)11(10)7-5-2;1-2/h4,6-7H,1,5,8-9H2,2-3H3;1-2H3/b10-6-,11-7+;. The van der Waals surface area contributed by atoms with Crippen molar-refractivity contribution in [3.63, 3.8) is 0 Å². The Morgan fingerprint density at radius 2 is 2.12 bits per heavy atom. The fourth-order valence-electron chi connectivity index (χ4n) is 1.65. The third kappa shape index (κ3) is 4.43. The first-order valence-corrected chi connectivity index (χ1v) is 7.45. The Morgan fingerprint density at radius 3 is 2.59 bits per heavy atom. The van der Waals surface area contributed by atoms with Crippen LogP contribution in [0, 0.1) is 0 Å². The maximum absolute atomic E-state index is 11.7. The zero-order valence-electron chi connectivity index (χ0n) is 11.3. The third-order valence-corrected chi connectivity index (χ3v) is 2.75. The van der Waals surface area contributed by atoms with Gasteiger partial charge < -0.3 is 4.90 Å². The van der Waals surface area contributed by atoms with E-state index < -0.39 is 0 Å². The molecule has 0 aliphatic carbocycles. The van der Waals surface area contributed by atoms with Crippen LogP contribution in [-0.4, -0.2) is 22.9 Å². The number of likely N-dealkylation sites (tertiary alicyclic amines) is 1. The summed E-state index contributed by atoms with van der Waals surface area (Å²) in [5.41, 5.74) is 2.16. The van der Waals surface area contributed by atoms with Gasteiger partial charge in [0.2, 0.25) is 5.91 Å². The minimum absolute atomic E-state index is 0.192. The molecule has 1 aliphatic rings. The molecular weight excluding hydrogens is 230 g/mol. The van der Waals surface area contributed by atoms with E-state index in [1.807, 2.05) is 31.1 Å². The second-order valence-corrected chi connectivity index (χ2v) is 4.18. The van der Waals surface area contributed by atoms with Crippen molar-refractivity contribution in [2.75, 3.05) is 12.1 Å². The molecule has 0 unspecified atom stereocenters.